The molecule has 2 nitrogen and oxygen atoms in total. The van der Waals surface area contributed by atoms with Crippen LogP contribution < -0.4 is 10.1 Å². The number of anilines is 1. The molecule has 1 N–H and O–H groups in total. The smallest absolute Gasteiger partial charge is 0.126 e. The number of hydrogen-bond acceptors (Lipinski definition) is 3. The first-order valence-electron chi connectivity index (χ1n) is 13.5. The van der Waals surface area contributed by atoms with Gasteiger partial charge in [0.05, 0.1) is 0 Å². The Morgan fingerprint density at radius 2 is 1.86 bits per heavy atom. The summed E-state index contributed by atoms with van der Waals surface area (Å²) in [6, 6.07) is 17.6. The predicted octanol–water partition coefficient (Wildman–Crippen LogP) is 9.16. The van der Waals surface area contributed by atoms with Crippen LogP contribution in [0.2, 0.25) is 0 Å². The zero-order chi connectivity index (χ0) is 24.6. The summed E-state index contributed by atoms with van der Waals surface area (Å²) < 4.78 is 7.44. The Morgan fingerprint density at radius 3 is 2.70 bits per heavy atom. The number of nitrogens with one attached hydrogen (secondary N) is 1. The summed E-state index contributed by atoms with van der Waals surface area (Å²) in [6.07, 6.45) is 24.8. The lowest BCUT2D eigenvalue weighted by Crippen LogP contribution is -2.22. The highest BCUT2D eigenvalue weighted by atomic mass is 32.1. The minimum atomic E-state index is 0.493. The molecule has 4 aliphatic carbocycles. The third-order valence-electron chi connectivity index (χ3n) is 8.01. The third-order valence-corrected chi connectivity index (χ3v) is 9.16. The predicted molar refractivity (Wildman–Crippen MR) is 157 cm³/mol. The molecular formula is C34H31NOS. The second-order valence-corrected chi connectivity index (χ2v) is 11.5. The average molecular weight is 502 g/mol. The number of thiophene rings is 1. The van der Waals surface area contributed by atoms with Crippen molar-refractivity contribution in [1.82, 2.24) is 0 Å². The summed E-state index contributed by atoms with van der Waals surface area (Å²) in [5, 5.41) is 5.27. The molecule has 3 aromatic rings. The lowest BCUT2D eigenvalue weighted by atomic mass is 9.83. The fourth-order valence-electron chi connectivity index (χ4n) is 6.00. The van der Waals surface area contributed by atoms with E-state index in [4.69, 9.17) is 4.74 Å². The SMILES string of the molecule is C1=CC2=Cc3sc4cc(NC5CC=C(C6=CC=C(Oc7ccccc7)CC6)CC5)ccc4c3CC2C=C1. The number of rotatable bonds is 5. The zero-order valence-corrected chi connectivity index (χ0v) is 21.8. The Kier molecular flexibility index (Phi) is 5.94. The molecule has 1 aromatic heterocycles. The number of fused-ring (bicyclic) bond motifs is 4. The molecule has 0 amide bonds. The van der Waals surface area contributed by atoms with E-state index in [2.05, 4.69) is 72.1 Å². The second kappa shape index (κ2) is 9.72. The average Bonchev–Trinajstić information content (AvgIpc) is 3.30. The molecule has 0 bridgehead atoms. The van der Waals surface area contributed by atoms with E-state index in [0.717, 1.165) is 43.6 Å². The first kappa shape index (κ1) is 22.6. The van der Waals surface area contributed by atoms with E-state index in [-0.39, 0.29) is 0 Å². The highest BCUT2D eigenvalue weighted by molar-refractivity contribution is 7.20. The van der Waals surface area contributed by atoms with E-state index in [9.17, 15) is 0 Å². The Balaban J connectivity index is 1.01. The summed E-state index contributed by atoms with van der Waals surface area (Å²) >= 11 is 1.94. The summed E-state index contributed by atoms with van der Waals surface area (Å²) in [6.45, 7) is 0. The quantitative estimate of drug-likeness (QED) is 0.376. The van der Waals surface area contributed by atoms with Crippen molar-refractivity contribution in [1.29, 1.82) is 0 Å². The maximum absolute atomic E-state index is 6.04. The van der Waals surface area contributed by atoms with Gasteiger partial charge in [0.25, 0.3) is 0 Å². The van der Waals surface area contributed by atoms with E-state index in [0.29, 0.717) is 12.0 Å². The molecule has 0 saturated heterocycles. The highest BCUT2D eigenvalue weighted by Crippen LogP contribution is 2.42. The molecule has 3 heteroatoms. The van der Waals surface area contributed by atoms with E-state index in [1.165, 1.54) is 49.4 Å². The molecule has 0 saturated carbocycles. The van der Waals surface area contributed by atoms with E-state index in [1.807, 2.05) is 41.7 Å². The summed E-state index contributed by atoms with van der Waals surface area (Å²) in [5.74, 6) is 2.51. The number of ether oxygens (including phenoxy) is 1. The van der Waals surface area contributed by atoms with Crippen molar-refractivity contribution < 1.29 is 4.74 Å². The van der Waals surface area contributed by atoms with Crippen LogP contribution in [-0.2, 0) is 6.42 Å². The third kappa shape index (κ3) is 4.65. The molecule has 184 valence electrons. The summed E-state index contributed by atoms with van der Waals surface area (Å²) in [4.78, 5) is 1.44. The largest absolute Gasteiger partial charge is 0.462 e. The molecule has 0 spiro atoms. The van der Waals surface area contributed by atoms with Crippen molar-refractivity contribution in [2.45, 2.75) is 44.6 Å². The molecule has 2 atom stereocenters. The molecule has 0 radical (unpaired) electrons. The number of benzene rings is 2. The van der Waals surface area contributed by atoms with Gasteiger partial charge in [0.1, 0.15) is 11.5 Å². The molecule has 4 aliphatic rings. The van der Waals surface area contributed by atoms with Crippen LogP contribution in [0.15, 0.2) is 114 Å². The van der Waals surface area contributed by atoms with Gasteiger partial charge in [-0.05, 0) is 96.2 Å². The Hall–Kier alpha value is -3.56. The number of hydrogen-bond donors (Lipinski definition) is 1. The highest BCUT2D eigenvalue weighted by Gasteiger charge is 2.23. The van der Waals surface area contributed by atoms with Gasteiger partial charge in [-0.2, -0.15) is 0 Å². The van der Waals surface area contributed by atoms with Gasteiger partial charge in [0, 0.05) is 33.6 Å². The lowest BCUT2D eigenvalue weighted by Gasteiger charge is -2.26. The van der Waals surface area contributed by atoms with Crippen molar-refractivity contribution >= 4 is 33.2 Å². The summed E-state index contributed by atoms with van der Waals surface area (Å²) in [7, 11) is 0. The maximum Gasteiger partial charge on any atom is 0.126 e. The van der Waals surface area contributed by atoms with Crippen molar-refractivity contribution in [2.75, 3.05) is 5.32 Å². The van der Waals surface area contributed by atoms with Crippen LogP contribution in [0.25, 0.3) is 16.2 Å². The fraction of sp³-hybridized carbons (Fsp3) is 0.235. The molecule has 7 rings (SSSR count). The topological polar surface area (TPSA) is 21.3 Å². The Bertz CT molecular complexity index is 1530. The van der Waals surface area contributed by atoms with Crippen LogP contribution in [0.1, 0.15) is 42.5 Å². The van der Waals surface area contributed by atoms with Crippen molar-refractivity contribution in [3.63, 3.8) is 0 Å². The van der Waals surface area contributed by atoms with Crippen molar-refractivity contribution in [2.24, 2.45) is 5.92 Å². The van der Waals surface area contributed by atoms with E-state index < -0.39 is 0 Å². The monoisotopic (exact) mass is 501 g/mol. The van der Waals surface area contributed by atoms with Gasteiger partial charge in [-0.3, -0.25) is 0 Å². The maximum atomic E-state index is 6.04. The first-order valence-corrected chi connectivity index (χ1v) is 14.3. The molecule has 0 aliphatic heterocycles. The van der Waals surface area contributed by atoms with Gasteiger partial charge in [-0.15, -0.1) is 11.3 Å². The molecule has 2 aromatic carbocycles. The van der Waals surface area contributed by atoms with Gasteiger partial charge in [0.2, 0.25) is 0 Å². The summed E-state index contributed by atoms with van der Waals surface area (Å²) in [5.41, 5.74) is 7.22. The van der Waals surface area contributed by atoms with Crippen molar-refractivity contribution in [3.8, 4) is 5.75 Å². The van der Waals surface area contributed by atoms with Gasteiger partial charge < -0.3 is 10.1 Å². The van der Waals surface area contributed by atoms with Gasteiger partial charge in [-0.1, -0.05) is 60.7 Å². The lowest BCUT2D eigenvalue weighted by molar-refractivity contribution is 0.401. The molecular weight excluding hydrogens is 470 g/mol. The van der Waals surface area contributed by atoms with Gasteiger partial charge in [-0.25, -0.2) is 0 Å². The van der Waals surface area contributed by atoms with Crippen LogP contribution in [0.5, 0.6) is 5.75 Å². The molecule has 37 heavy (non-hydrogen) atoms. The van der Waals surface area contributed by atoms with E-state index >= 15 is 0 Å². The van der Waals surface area contributed by atoms with Crippen molar-refractivity contribution in [3.05, 3.63) is 124 Å². The minimum Gasteiger partial charge on any atom is -0.462 e. The van der Waals surface area contributed by atoms with Crippen LogP contribution in [0.4, 0.5) is 5.69 Å². The Labute approximate surface area is 223 Å². The number of para-hydroxylation sites is 1. The van der Waals surface area contributed by atoms with E-state index in [1.54, 1.807) is 0 Å². The fourth-order valence-corrected chi connectivity index (χ4v) is 7.24. The van der Waals surface area contributed by atoms with Crippen LogP contribution in [-0.4, -0.2) is 6.04 Å². The normalized spacial score (nSPS) is 22.4. The standard InChI is InChI=1S/C34H31NOS/c1-2-8-29(9-3-1)36-30-17-12-24(13-18-30)23-10-14-27(15-11-23)35-28-16-19-31-32-20-25-6-4-5-7-26(25)21-33(32)37-34(31)22-28/h1-10,12,16-17,19,21-22,25,27,35H,11,13-15,18,20H2. The molecule has 2 unspecified atom stereocenters. The minimum absolute atomic E-state index is 0.493. The van der Waals surface area contributed by atoms with Crippen LogP contribution in [0, 0.1) is 5.92 Å². The zero-order valence-electron chi connectivity index (χ0n) is 21.0. The van der Waals surface area contributed by atoms with Crippen LogP contribution in [0.3, 0.4) is 0 Å². The van der Waals surface area contributed by atoms with Gasteiger partial charge >= 0.3 is 0 Å². The Morgan fingerprint density at radius 1 is 0.919 bits per heavy atom. The second-order valence-electron chi connectivity index (χ2n) is 10.4. The van der Waals surface area contributed by atoms with Gasteiger partial charge in [0.15, 0.2) is 0 Å². The van der Waals surface area contributed by atoms with Crippen LogP contribution >= 0.6 is 11.3 Å². The molecule has 1 heterocycles. The first-order chi connectivity index (χ1) is 18.3. The number of allylic oxidation sites excluding steroid dienone is 10. The molecule has 0 fully saturated rings.